The van der Waals surface area contributed by atoms with E-state index in [1.807, 2.05) is 0 Å². The van der Waals surface area contributed by atoms with Crippen LogP contribution in [0.4, 0.5) is 11.5 Å². The summed E-state index contributed by atoms with van der Waals surface area (Å²) < 4.78 is 0. The maximum absolute atomic E-state index is 10.6. The first-order chi connectivity index (χ1) is 8.54. The molecule has 0 atom stereocenters. The molecule has 1 aliphatic carbocycles. The summed E-state index contributed by atoms with van der Waals surface area (Å²) in [6, 6.07) is 4.48. The van der Waals surface area contributed by atoms with E-state index in [2.05, 4.69) is 10.3 Å². The maximum Gasteiger partial charge on any atom is 0.305 e. The summed E-state index contributed by atoms with van der Waals surface area (Å²) in [4.78, 5) is 13.9. The summed E-state index contributed by atoms with van der Waals surface area (Å²) in [6.07, 6.45) is 3.03. The average Bonchev–Trinajstić information content (AvgIpc) is 2.33. The van der Waals surface area contributed by atoms with Crippen LogP contribution in [0.3, 0.4) is 0 Å². The largest absolute Gasteiger partial charge is 0.368 e. The van der Waals surface area contributed by atoms with E-state index in [4.69, 9.17) is 11.0 Å². The summed E-state index contributed by atoms with van der Waals surface area (Å²) in [5.41, 5.74) is 5.35. The monoisotopic (exact) mass is 247 g/mol. The van der Waals surface area contributed by atoms with Crippen LogP contribution in [-0.4, -0.2) is 22.0 Å². The van der Waals surface area contributed by atoms with Crippen LogP contribution in [0.5, 0.6) is 0 Å². The lowest BCUT2D eigenvalue weighted by atomic mass is 9.78. The van der Waals surface area contributed by atoms with Crippen LogP contribution in [0.25, 0.3) is 0 Å². The van der Waals surface area contributed by atoms with Gasteiger partial charge in [-0.1, -0.05) is 0 Å². The number of hydrogen-bond donors (Lipinski definition) is 2. The predicted octanol–water partition coefficient (Wildman–Crippen LogP) is 1.15. The molecule has 0 spiro atoms. The summed E-state index contributed by atoms with van der Waals surface area (Å²) in [7, 11) is 0. The Balaban J connectivity index is 2.10. The van der Waals surface area contributed by atoms with Gasteiger partial charge in [0.1, 0.15) is 11.9 Å². The van der Waals surface area contributed by atoms with E-state index < -0.39 is 4.92 Å². The van der Waals surface area contributed by atoms with Gasteiger partial charge in [0.25, 0.3) is 0 Å². The van der Waals surface area contributed by atoms with Crippen molar-refractivity contribution in [2.45, 2.75) is 24.8 Å². The normalized spacial score (nSPS) is 16.4. The number of nitriles is 1. The molecule has 3 N–H and O–H groups in total. The van der Waals surface area contributed by atoms with Crippen LogP contribution in [0, 0.1) is 21.4 Å². The first-order valence-corrected chi connectivity index (χ1v) is 5.62. The van der Waals surface area contributed by atoms with Gasteiger partial charge in [-0.25, -0.2) is 4.98 Å². The van der Waals surface area contributed by atoms with Crippen molar-refractivity contribution in [3.8, 4) is 6.07 Å². The standard InChI is InChI=1S/C11H13N5O2/c12-6-8-9(16(17)18)2-3-10(15-8)14-7-11(13)4-1-5-11/h2-3H,1,4-5,7,13H2,(H,14,15). The number of anilines is 1. The zero-order valence-corrected chi connectivity index (χ0v) is 9.72. The molecule has 18 heavy (non-hydrogen) atoms. The molecule has 94 valence electrons. The van der Waals surface area contributed by atoms with Crippen molar-refractivity contribution >= 4 is 11.5 Å². The highest BCUT2D eigenvalue weighted by atomic mass is 16.6. The van der Waals surface area contributed by atoms with Crippen LogP contribution < -0.4 is 11.1 Å². The lowest BCUT2D eigenvalue weighted by Crippen LogP contribution is -2.52. The Hall–Kier alpha value is -2.20. The number of nitro groups is 1. The molecule has 0 aromatic carbocycles. The van der Waals surface area contributed by atoms with Gasteiger partial charge in [-0.3, -0.25) is 10.1 Å². The highest BCUT2D eigenvalue weighted by molar-refractivity contribution is 5.50. The molecule has 1 fully saturated rings. The number of nitrogens with zero attached hydrogens (tertiary/aromatic N) is 3. The second-order valence-electron chi connectivity index (χ2n) is 4.50. The molecule has 2 rings (SSSR count). The van der Waals surface area contributed by atoms with E-state index in [-0.39, 0.29) is 16.9 Å². The van der Waals surface area contributed by atoms with Crippen LogP contribution in [0.1, 0.15) is 25.0 Å². The fourth-order valence-electron chi connectivity index (χ4n) is 1.85. The van der Waals surface area contributed by atoms with Crippen molar-refractivity contribution in [1.82, 2.24) is 4.98 Å². The summed E-state index contributed by atoms with van der Waals surface area (Å²) >= 11 is 0. The van der Waals surface area contributed by atoms with Crippen molar-refractivity contribution in [3.63, 3.8) is 0 Å². The van der Waals surface area contributed by atoms with E-state index in [0.29, 0.717) is 12.4 Å². The third kappa shape index (κ3) is 2.38. The predicted molar refractivity (Wildman–Crippen MR) is 64.9 cm³/mol. The van der Waals surface area contributed by atoms with Gasteiger partial charge in [0, 0.05) is 18.2 Å². The van der Waals surface area contributed by atoms with Crippen molar-refractivity contribution in [1.29, 1.82) is 5.26 Å². The molecule has 0 aliphatic heterocycles. The van der Waals surface area contributed by atoms with Gasteiger partial charge in [0.2, 0.25) is 5.69 Å². The minimum atomic E-state index is -0.619. The Morgan fingerprint density at radius 3 is 2.83 bits per heavy atom. The molecule has 0 unspecified atom stereocenters. The number of nitrogens with one attached hydrogen (secondary N) is 1. The fraction of sp³-hybridized carbons (Fsp3) is 0.455. The Morgan fingerprint density at radius 1 is 1.61 bits per heavy atom. The Bertz CT molecular complexity index is 519. The number of nitrogens with two attached hydrogens (primary N) is 1. The van der Waals surface area contributed by atoms with Gasteiger partial charge in [0.05, 0.1) is 4.92 Å². The van der Waals surface area contributed by atoms with E-state index in [1.54, 1.807) is 6.07 Å². The first kappa shape index (κ1) is 12.3. The van der Waals surface area contributed by atoms with Gasteiger partial charge in [-0.15, -0.1) is 0 Å². The topological polar surface area (TPSA) is 118 Å². The van der Waals surface area contributed by atoms with Crippen LogP contribution in [0.2, 0.25) is 0 Å². The Morgan fingerprint density at radius 2 is 2.33 bits per heavy atom. The van der Waals surface area contributed by atoms with E-state index in [9.17, 15) is 10.1 Å². The van der Waals surface area contributed by atoms with Gasteiger partial charge in [-0.05, 0) is 25.3 Å². The molecule has 7 nitrogen and oxygen atoms in total. The third-order valence-corrected chi connectivity index (χ3v) is 3.15. The van der Waals surface area contributed by atoms with Crippen LogP contribution >= 0.6 is 0 Å². The van der Waals surface area contributed by atoms with Gasteiger partial charge < -0.3 is 11.1 Å². The maximum atomic E-state index is 10.6. The summed E-state index contributed by atoms with van der Waals surface area (Å²) in [5.74, 6) is 0.439. The minimum Gasteiger partial charge on any atom is -0.368 e. The SMILES string of the molecule is N#Cc1nc(NCC2(N)CCC2)ccc1[N+](=O)[O-]. The lowest BCUT2D eigenvalue weighted by Gasteiger charge is -2.38. The van der Waals surface area contributed by atoms with Gasteiger partial charge in [-0.2, -0.15) is 5.26 Å². The van der Waals surface area contributed by atoms with Crippen molar-refractivity contribution in [2.24, 2.45) is 5.73 Å². The molecule has 0 amide bonds. The van der Waals surface area contributed by atoms with Crippen molar-refractivity contribution < 1.29 is 4.92 Å². The second-order valence-corrected chi connectivity index (χ2v) is 4.50. The van der Waals surface area contributed by atoms with Crippen molar-refractivity contribution in [2.75, 3.05) is 11.9 Å². The molecular formula is C11H13N5O2. The Kier molecular flexibility index (Phi) is 3.12. The summed E-state index contributed by atoms with van der Waals surface area (Å²) in [6.45, 7) is 0.558. The zero-order chi connectivity index (χ0) is 13.2. The molecule has 1 aliphatic rings. The number of rotatable bonds is 4. The van der Waals surface area contributed by atoms with E-state index >= 15 is 0 Å². The fourth-order valence-corrected chi connectivity index (χ4v) is 1.85. The molecule has 1 aromatic heterocycles. The smallest absolute Gasteiger partial charge is 0.305 e. The van der Waals surface area contributed by atoms with Crippen molar-refractivity contribution in [3.05, 3.63) is 27.9 Å². The molecule has 0 saturated heterocycles. The molecule has 1 aromatic rings. The number of hydrogen-bond acceptors (Lipinski definition) is 6. The second kappa shape index (κ2) is 4.58. The quantitative estimate of drug-likeness (QED) is 0.608. The molecule has 7 heteroatoms. The average molecular weight is 247 g/mol. The van der Waals surface area contributed by atoms with Gasteiger partial charge in [0.15, 0.2) is 0 Å². The highest BCUT2D eigenvalue weighted by Gasteiger charge is 2.32. The van der Waals surface area contributed by atoms with E-state index in [0.717, 1.165) is 19.3 Å². The minimum absolute atomic E-state index is 0.190. The van der Waals surface area contributed by atoms with Crippen LogP contribution in [0.15, 0.2) is 12.1 Å². The summed E-state index contributed by atoms with van der Waals surface area (Å²) in [5, 5.41) is 22.5. The number of pyridine rings is 1. The third-order valence-electron chi connectivity index (χ3n) is 3.15. The zero-order valence-electron chi connectivity index (χ0n) is 9.72. The highest BCUT2D eigenvalue weighted by Crippen LogP contribution is 2.29. The molecule has 1 heterocycles. The van der Waals surface area contributed by atoms with E-state index in [1.165, 1.54) is 12.1 Å². The molecular weight excluding hydrogens is 234 g/mol. The molecule has 0 radical (unpaired) electrons. The van der Waals surface area contributed by atoms with Crippen LogP contribution in [-0.2, 0) is 0 Å². The molecule has 0 bridgehead atoms. The van der Waals surface area contributed by atoms with Gasteiger partial charge >= 0.3 is 5.69 Å². The molecule has 1 saturated carbocycles. The first-order valence-electron chi connectivity index (χ1n) is 5.62. The Labute approximate surface area is 104 Å². The number of aromatic nitrogens is 1. The lowest BCUT2D eigenvalue weighted by molar-refractivity contribution is -0.385.